The third-order valence-electron chi connectivity index (χ3n) is 6.76. The fourth-order valence-corrected chi connectivity index (χ4v) is 6.14. The summed E-state index contributed by atoms with van der Waals surface area (Å²) in [5, 5.41) is 7.78. The van der Waals surface area contributed by atoms with E-state index in [1.54, 1.807) is 6.33 Å². The molecule has 0 atom stereocenters. The zero-order valence-electron chi connectivity index (χ0n) is 15.6. The lowest BCUT2D eigenvalue weighted by Crippen LogP contribution is -2.55. The topological polar surface area (TPSA) is 75.9 Å². The molecule has 0 spiro atoms. The minimum atomic E-state index is 0.167. The number of aromatic nitrogens is 2. The molecule has 0 radical (unpaired) electrons. The minimum Gasteiger partial charge on any atom is -0.393 e. The van der Waals surface area contributed by atoms with E-state index in [0.29, 0.717) is 16.5 Å². The lowest BCUT2D eigenvalue weighted by Gasteiger charge is -2.57. The van der Waals surface area contributed by atoms with Crippen molar-refractivity contribution in [1.29, 1.82) is 0 Å². The number of hydrogen-bond acceptors (Lipinski definition) is 5. The van der Waals surface area contributed by atoms with Crippen molar-refractivity contribution in [2.45, 2.75) is 51.0 Å². The first kappa shape index (κ1) is 17.1. The van der Waals surface area contributed by atoms with Gasteiger partial charge in [-0.3, -0.25) is 0 Å². The molecule has 0 unspecified atom stereocenters. The highest BCUT2D eigenvalue weighted by atomic mass is 35.5. The quantitative estimate of drug-likeness (QED) is 0.681. The van der Waals surface area contributed by atoms with Crippen LogP contribution in [-0.2, 0) is 0 Å². The lowest BCUT2D eigenvalue weighted by atomic mass is 9.53. The zero-order valence-corrected chi connectivity index (χ0v) is 16.4. The molecule has 1 aromatic carbocycles. The summed E-state index contributed by atoms with van der Waals surface area (Å²) < 4.78 is 0. The Labute approximate surface area is 165 Å². The molecule has 4 N–H and O–H groups in total. The molecular weight excluding hydrogens is 358 g/mol. The van der Waals surface area contributed by atoms with Crippen LogP contribution in [0.15, 0.2) is 24.5 Å². The van der Waals surface area contributed by atoms with Crippen molar-refractivity contribution in [3.8, 4) is 0 Å². The fourth-order valence-electron chi connectivity index (χ4n) is 5.97. The highest BCUT2D eigenvalue weighted by molar-refractivity contribution is 6.30. The monoisotopic (exact) mass is 383 g/mol. The Kier molecular flexibility index (Phi) is 3.97. The van der Waals surface area contributed by atoms with Crippen molar-refractivity contribution >= 4 is 34.6 Å². The molecule has 1 heterocycles. The third kappa shape index (κ3) is 3.12. The lowest BCUT2D eigenvalue weighted by molar-refractivity contribution is 0.0106. The van der Waals surface area contributed by atoms with E-state index in [0.717, 1.165) is 34.8 Å². The van der Waals surface area contributed by atoms with Crippen LogP contribution in [0.1, 0.15) is 44.1 Å². The fraction of sp³-hybridized carbons (Fsp3) is 0.524. The minimum absolute atomic E-state index is 0.167. The summed E-state index contributed by atoms with van der Waals surface area (Å²) >= 11 is 6.14. The van der Waals surface area contributed by atoms with E-state index in [1.165, 1.54) is 38.5 Å². The molecule has 0 aliphatic heterocycles. The number of nitrogens with zero attached hydrogens (tertiary/aromatic N) is 2. The number of hydrogen-bond donors (Lipinski definition) is 3. The molecule has 4 fully saturated rings. The molecule has 6 heteroatoms. The Bertz CT molecular complexity index is 846. The van der Waals surface area contributed by atoms with Crippen molar-refractivity contribution in [3.05, 3.63) is 35.1 Å². The van der Waals surface area contributed by atoms with E-state index in [4.69, 9.17) is 17.3 Å². The van der Waals surface area contributed by atoms with Crippen LogP contribution >= 0.6 is 11.6 Å². The number of nitrogens with one attached hydrogen (secondary N) is 2. The van der Waals surface area contributed by atoms with E-state index >= 15 is 0 Å². The first-order valence-electron chi connectivity index (χ1n) is 9.91. The SMILES string of the molecule is Cc1ccc(Cl)cc1Nc1ncnc(NC23CC4CC(CC(C4)C2)C3)c1N. The molecule has 0 amide bonds. The van der Waals surface area contributed by atoms with E-state index in [2.05, 4.69) is 20.6 Å². The molecule has 27 heavy (non-hydrogen) atoms. The maximum atomic E-state index is 6.47. The van der Waals surface area contributed by atoms with Crippen LogP contribution in [0.4, 0.5) is 23.0 Å². The number of anilines is 4. The van der Waals surface area contributed by atoms with Gasteiger partial charge in [-0.15, -0.1) is 0 Å². The second kappa shape index (κ2) is 6.26. The number of benzene rings is 1. The van der Waals surface area contributed by atoms with Gasteiger partial charge in [-0.25, -0.2) is 9.97 Å². The number of nitrogen functional groups attached to an aromatic ring is 1. The molecule has 2 aromatic rings. The average molecular weight is 384 g/mol. The summed E-state index contributed by atoms with van der Waals surface area (Å²) in [6, 6.07) is 5.76. The zero-order chi connectivity index (χ0) is 18.6. The van der Waals surface area contributed by atoms with Gasteiger partial charge in [0.15, 0.2) is 11.6 Å². The van der Waals surface area contributed by atoms with Gasteiger partial charge in [-0.1, -0.05) is 17.7 Å². The van der Waals surface area contributed by atoms with Gasteiger partial charge in [0.25, 0.3) is 0 Å². The molecule has 4 aliphatic carbocycles. The van der Waals surface area contributed by atoms with E-state index in [1.807, 2.05) is 25.1 Å². The molecule has 4 aliphatic rings. The normalized spacial score (nSPS) is 31.1. The molecular formula is C21H26ClN5. The van der Waals surface area contributed by atoms with Gasteiger partial charge in [0.2, 0.25) is 0 Å². The summed E-state index contributed by atoms with van der Waals surface area (Å²) in [5.41, 5.74) is 9.21. The summed E-state index contributed by atoms with van der Waals surface area (Å²) in [7, 11) is 0. The number of rotatable bonds is 4. The van der Waals surface area contributed by atoms with Crippen molar-refractivity contribution in [2.24, 2.45) is 17.8 Å². The molecule has 4 saturated carbocycles. The van der Waals surface area contributed by atoms with Crippen LogP contribution in [0, 0.1) is 24.7 Å². The number of aryl methyl sites for hydroxylation is 1. The van der Waals surface area contributed by atoms with E-state index in [9.17, 15) is 0 Å². The molecule has 0 saturated heterocycles. The summed E-state index contributed by atoms with van der Waals surface area (Å²) in [5.74, 6) is 4.01. The van der Waals surface area contributed by atoms with Crippen LogP contribution in [0.2, 0.25) is 5.02 Å². The summed E-state index contributed by atoms with van der Waals surface area (Å²) in [6.45, 7) is 2.03. The van der Waals surface area contributed by atoms with Crippen LogP contribution < -0.4 is 16.4 Å². The third-order valence-corrected chi connectivity index (χ3v) is 6.99. The molecule has 1 aromatic heterocycles. The highest BCUT2D eigenvalue weighted by Crippen LogP contribution is 2.56. The summed E-state index contributed by atoms with van der Waals surface area (Å²) in [6.07, 6.45) is 9.58. The van der Waals surface area contributed by atoms with Crippen molar-refractivity contribution < 1.29 is 0 Å². The van der Waals surface area contributed by atoms with Gasteiger partial charge in [0.1, 0.15) is 12.0 Å². The molecule has 4 bridgehead atoms. The van der Waals surface area contributed by atoms with Crippen LogP contribution in [-0.4, -0.2) is 15.5 Å². The Balaban J connectivity index is 1.41. The van der Waals surface area contributed by atoms with Gasteiger partial charge >= 0.3 is 0 Å². The van der Waals surface area contributed by atoms with Gasteiger partial charge in [-0.05, 0) is 80.9 Å². The Morgan fingerprint density at radius 3 is 2.33 bits per heavy atom. The summed E-state index contributed by atoms with van der Waals surface area (Å²) in [4.78, 5) is 8.85. The predicted molar refractivity (Wildman–Crippen MR) is 110 cm³/mol. The van der Waals surface area contributed by atoms with Gasteiger partial charge in [0, 0.05) is 16.2 Å². The Morgan fingerprint density at radius 2 is 1.67 bits per heavy atom. The smallest absolute Gasteiger partial charge is 0.159 e. The maximum Gasteiger partial charge on any atom is 0.159 e. The molecule has 142 valence electrons. The second-order valence-electron chi connectivity index (χ2n) is 8.89. The standard InChI is InChI=1S/C21H26ClN5/c1-12-2-3-16(22)7-17(12)26-19-18(23)20(25-11-24-19)27-21-8-13-4-14(9-21)6-15(5-13)10-21/h2-3,7,11,13-15H,4-6,8-10,23H2,1H3,(H2,24,25,26,27). The Hall–Kier alpha value is -2.01. The predicted octanol–water partition coefficient (Wildman–Crippen LogP) is 5.14. The average Bonchev–Trinajstić information content (AvgIpc) is 2.60. The number of halogens is 1. The highest BCUT2D eigenvalue weighted by Gasteiger charge is 2.51. The molecule has 6 rings (SSSR count). The first-order valence-corrected chi connectivity index (χ1v) is 10.3. The Morgan fingerprint density at radius 1 is 1.04 bits per heavy atom. The molecule has 5 nitrogen and oxygen atoms in total. The maximum absolute atomic E-state index is 6.47. The van der Waals surface area contributed by atoms with Crippen LogP contribution in [0.5, 0.6) is 0 Å². The van der Waals surface area contributed by atoms with Crippen LogP contribution in [0.3, 0.4) is 0 Å². The van der Waals surface area contributed by atoms with Crippen molar-refractivity contribution in [2.75, 3.05) is 16.4 Å². The second-order valence-corrected chi connectivity index (χ2v) is 9.33. The van der Waals surface area contributed by atoms with Gasteiger partial charge < -0.3 is 16.4 Å². The van der Waals surface area contributed by atoms with E-state index in [-0.39, 0.29) is 5.54 Å². The van der Waals surface area contributed by atoms with Gasteiger partial charge in [0.05, 0.1) is 0 Å². The van der Waals surface area contributed by atoms with Crippen molar-refractivity contribution in [3.63, 3.8) is 0 Å². The van der Waals surface area contributed by atoms with Crippen LogP contribution in [0.25, 0.3) is 0 Å². The first-order chi connectivity index (χ1) is 13.0. The largest absolute Gasteiger partial charge is 0.393 e. The van der Waals surface area contributed by atoms with E-state index < -0.39 is 0 Å². The van der Waals surface area contributed by atoms with Crippen molar-refractivity contribution in [1.82, 2.24) is 9.97 Å². The van der Waals surface area contributed by atoms with Gasteiger partial charge in [-0.2, -0.15) is 0 Å². The number of nitrogens with two attached hydrogens (primary N) is 1.